The summed E-state index contributed by atoms with van der Waals surface area (Å²) in [4.78, 5) is 26.6. The Morgan fingerprint density at radius 3 is 2.80 bits per heavy atom. The van der Waals surface area contributed by atoms with Crippen molar-refractivity contribution in [3.63, 3.8) is 0 Å². The Morgan fingerprint density at radius 1 is 1.40 bits per heavy atom. The van der Waals surface area contributed by atoms with Gasteiger partial charge in [-0.2, -0.15) is 0 Å². The third-order valence-electron chi connectivity index (χ3n) is 2.42. The van der Waals surface area contributed by atoms with Crippen LogP contribution in [0.25, 0.3) is 10.2 Å². The molecule has 1 atom stereocenters. The van der Waals surface area contributed by atoms with Crippen molar-refractivity contribution < 1.29 is 19.8 Å². The van der Waals surface area contributed by atoms with Crippen molar-refractivity contribution in [1.82, 2.24) is 10.3 Å². The number of hydrogen-bond acceptors (Lipinski definition) is 6. The number of hydrogen-bond donors (Lipinski definition) is 3. The quantitative estimate of drug-likeness (QED) is 0.687. The first-order valence-electron chi connectivity index (χ1n) is 5.71. The molecule has 1 aromatic heterocycles. The molecule has 6 nitrogen and oxygen atoms in total. The van der Waals surface area contributed by atoms with Gasteiger partial charge in [0, 0.05) is 0 Å². The van der Waals surface area contributed by atoms with Gasteiger partial charge in [-0.3, -0.25) is 4.79 Å². The first-order valence-corrected chi connectivity index (χ1v) is 7.51. The van der Waals surface area contributed by atoms with Gasteiger partial charge in [0.25, 0.3) is 0 Å². The third kappa shape index (κ3) is 3.69. The maximum Gasteiger partial charge on any atom is 0.328 e. The molecule has 0 saturated heterocycles. The SMILES string of the molecule is O=C(CSc1nc2ccccc2s1)N[C@@H](CO)C(=O)O. The average molecular weight is 312 g/mol. The van der Waals surface area contributed by atoms with Gasteiger partial charge in [-0.15, -0.1) is 11.3 Å². The van der Waals surface area contributed by atoms with Crippen molar-refractivity contribution in [1.29, 1.82) is 0 Å². The van der Waals surface area contributed by atoms with Gasteiger partial charge in [0.2, 0.25) is 5.91 Å². The standard InChI is InChI=1S/C12H12N2O4S2/c15-5-8(11(17)18)13-10(16)6-19-12-14-7-3-1-2-4-9(7)20-12/h1-4,8,15H,5-6H2,(H,13,16)(H,17,18)/t8-/m0/s1. The Morgan fingerprint density at radius 2 is 2.15 bits per heavy atom. The molecule has 0 aliphatic carbocycles. The Hall–Kier alpha value is -1.64. The molecule has 3 N–H and O–H groups in total. The smallest absolute Gasteiger partial charge is 0.328 e. The number of aliphatic carboxylic acids is 1. The molecule has 2 aromatic rings. The van der Waals surface area contributed by atoms with E-state index in [9.17, 15) is 9.59 Å². The topological polar surface area (TPSA) is 99.5 Å². The highest BCUT2D eigenvalue weighted by molar-refractivity contribution is 8.01. The van der Waals surface area contributed by atoms with Crippen LogP contribution in [-0.2, 0) is 9.59 Å². The second kappa shape index (κ2) is 6.69. The van der Waals surface area contributed by atoms with Gasteiger partial charge in [0.15, 0.2) is 4.34 Å². The number of amides is 1. The molecule has 106 valence electrons. The van der Waals surface area contributed by atoms with E-state index < -0.39 is 24.5 Å². The maximum atomic E-state index is 11.6. The van der Waals surface area contributed by atoms with Gasteiger partial charge in [-0.1, -0.05) is 23.9 Å². The van der Waals surface area contributed by atoms with Crippen LogP contribution in [0.4, 0.5) is 0 Å². The van der Waals surface area contributed by atoms with Crippen molar-refractivity contribution in [2.45, 2.75) is 10.4 Å². The number of carbonyl (C=O) groups excluding carboxylic acids is 1. The lowest BCUT2D eigenvalue weighted by atomic mass is 10.3. The van der Waals surface area contributed by atoms with E-state index in [4.69, 9.17) is 10.2 Å². The molecule has 0 saturated carbocycles. The van der Waals surface area contributed by atoms with Gasteiger partial charge in [-0.05, 0) is 12.1 Å². The van der Waals surface area contributed by atoms with E-state index in [-0.39, 0.29) is 5.75 Å². The first kappa shape index (κ1) is 14.8. The van der Waals surface area contributed by atoms with Gasteiger partial charge in [-0.25, -0.2) is 9.78 Å². The number of aliphatic hydroxyl groups is 1. The molecule has 0 radical (unpaired) electrons. The average Bonchev–Trinajstić information content (AvgIpc) is 2.85. The Bertz CT molecular complexity index is 596. The Balaban J connectivity index is 1.91. The van der Waals surface area contributed by atoms with Crippen molar-refractivity contribution in [2.75, 3.05) is 12.4 Å². The van der Waals surface area contributed by atoms with Crippen molar-refractivity contribution in [3.8, 4) is 0 Å². The summed E-state index contributed by atoms with van der Waals surface area (Å²) < 4.78 is 1.78. The third-order valence-corrected chi connectivity index (χ3v) is 4.60. The molecular weight excluding hydrogens is 300 g/mol. The molecule has 8 heteroatoms. The van der Waals surface area contributed by atoms with Gasteiger partial charge in [0.1, 0.15) is 6.04 Å². The van der Waals surface area contributed by atoms with E-state index in [0.717, 1.165) is 14.6 Å². The van der Waals surface area contributed by atoms with E-state index in [1.807, 2.05) is 24.3 Å². The zero-order chi connectivity index (χ0) is 14.5. The molecule has 0 spiro atoms. The van der Waals surface area contributed by atoms with Crippen LogP contribution in [-0.4, -0.2) is 45.5 Å². The predicted octanol–water partition coefficient (Wildman–Crippen LogP) is 0.950. The molecule has 0 bridgehead atoms. The number of nitrogens with zero attached hydrogens (tertiary/aromatic N) is 1. The molecule has 2 rings (SSSR count). The number of thioether (sulfide) groups is 1. The number of aromatic nitrogens is 1. The lowest BCUT2D eigenvalue weighted by Crippen LogP contribution is -2.44. The zero-order valence-electron chi connectivity index (χ0n) is 10.3. The van der Waals surface area contributed by atoms with Gasteiger partial charge < -0.3 is 15.5 Å². The van der Waals surface area contributed by atoms with Crippen LogP contribution < -0.4 is 5.32 Å². The minimum Gasteiger partial charge on any atom is -0.480 e. The van der Waals surface area contributed by atoms with Crippen LogP contribution >= 0.6 is 23.1 Å². The largest absolute Gasteiger partial charge is 0.480 e. The highest BCUT2D eigenvalue weighted by atomic mass is 32.2. The molecule has 0 aliphatic heterocycles. The van der Waals surface area contributed by atoms with Crippen LogP contribution in [0.5, 0.6) is 0 Å². The fraction of sp³-hybridized carbons (Fsp3) is 0.250. The van der Waals surface area contributed by atoms with E-state index in [2.05, 4.69) is 10.3 Å². The minimum atomic E-state index is -1.27. The lowest BCUT2D eigenvalue weighted by Gasteiger charge is -2.10. The number of thiazole rings is 1. The maximum absolute atomic E-state index is 11.6. The summed E-state index contributed by atoms with van der Waals surface area (Å²) in [6.07, 6.45) is 0. The Kier molecular flexibility index (Phi) is 4.94. The number of carboxylic acid groups (broad SMARTS) is 1. The van der Waals surface area contributed by atoms with Crippen molar-refractivity contribution in [3.05, 3.63) is 24.3 Å². The number of para-hydroxylation sites is 1. The number of fused-ring (bicyclic) bond motifs is 1. The van der Waals surface area contributed by atoms with E-state index in [0.29, 0.717) is 0 Å². The van der Waals surface area contributed by atoms with Gasteiger partial charge >= 0.3 is 5.97 Å². The van der Waals surface area contributed by atoms with Crippen LogP contribution in [0.15, 0.2) is 28.6 Å². The Labute approximate surface area is 122 Å². The van der Waals surface area contributed by atoms with E-state index in [1.165, 1.54) is 23.1 Å². The number of carbonyl (C=O) groups is 2. The summed E-state index contributed by atoms with van der Waals surface area (Å²) in [6, 6.07) is 6.38. The summed E-state index contributed by atoms with van der Waals surface area (Å²) in [6.45, 7) is -0.632. The number of aliphatic hydroxyl groups excluding tert-OH is 1. The van der Waals surface area contributed by atoms with Crippen molar-refractivity contribution in [2.24, 2.45) is 0 Å². The molecule has 1 amide bonds. The highest BCUT2D eigenvalue weighted by Crippen LogP contribution is 2.28. The monoisotopic (exact) mass is 312 g/mol. The fourth-order valence-electron chi connectivity index (χ4n) is 1.46. The molecule has 0 fully saturated rings. The minimum absolute atomic E-state index is 0.0591. The summed E-state index contributed by atoms with van der Waals surface area (Å²) >= 11 is 2.72. The molecular formula is C12H12N2O4S2. The fourth-order valence-corrected chi connectivity index (χ4v) is 3.34. The van der Waals surface area contributed by atoms with Gasteiger partial charge in [0.05, 0.1) is 22.6 Å². The molecule has 0 unspecified atom stereocenters. The van der Waals surface area contributed by atoms with Crippen LogP contribution in [0.3, 0.4) is 0 Å². The lowest BCUT2D eigenvalue weighted by molar-refractivity contribution is -0.142. The number of benzene rings is 1. The second-order valence-electron chi connectivity index (χ2n) is 3.88. The molecule has 0 aliphatic rings. The summed E-state index contributed by atoms with van der Waals surface area (Å²) in [7, 11) is 0. The van der Waals surface area contributed by atoms with Crippen molar-refractivity contribution >= 4 is 45.2 Å². The summed E-state index contributed by atoms with van der Waals surface area (Å²) in [5.74, 6) is -1.65. The van der Waals surface area contributed by atoms with Crippen LogP contribution in [0.1, 0.15) is 0 Å². The van der Waals surface area contributed by atoms with E-state index >= 15 is 0 Å². The number of rotatable bonds is 6. The second-order valence-corrected chi connectivity index (χ2v) is 6.13. The predicted molar refractivity (Wildman–Crippen MR) is 77.0 cm³/mol. The van der Waals surface area contributed by atoms with Crippen LogP contribution in [0, 0.1) is 0 Å². The first-order chi connectivity index (χ1) is 9.60. The summed E-state index contributed by atoms with van der Waals surface area (Å²) in [5.41, 5.74) is 0.874. The summed E-state index contributed by atoms with van der Waals surface area (Å²) in [5, 5.41) is 19.8. The molecule has 1 heterocycles. The zero-order valence-corrected chi connectivity index (χ0v) is 11.9. The molecule has 20 heavy (non-hydrogen) atoms. The highest BCUT2D eigenvalue weighted by Gasteiger charge is 2.18. The molecule has 1 aromatic carbocycles. The number of nitrogens with one attached hydrogen (secondary N) is 1. The number of carboxylic acids is 1. The normalized spacial score (nSPS) is 12.2. The van der Waals surface area contributed by atoms with E-state index in [1.54, 1.807) is 0 Å². The van der Waals surface area contributed by atoms with Crippen LogP contribution in [0.2, 0.25) is 0 Å².